The summed E-state index contributed by atoms with van der Waals surface area (Å²) < 4.78 is 4.77. The molecule has 1 rings (SSSR count). The maximum absolute atomic E-state index is 11.9. The van der Waals surface area contributed by atoms with Crippen LogP contribution in [0.4, 0.5) is 0 Å². The molecule has 5 heteroatoms. The van der Waals surface area contributed by atoms with Gasteiger partial charge in [-0.05, 0) is 26.0 Å². The Morgan fingerprint density at radius 1 is 1.21 bits per heavy atom. The Bertz CT molecular complexity index is 505. The Kier molecular flexibility index (Phi) is 5.47. The molecule has 0 saturated heterocycles. The molecule has 0 spiro atoms. The first kappa shape index (κ1) is 14.6. The summed E-state index contributed by atoms with van der Waals surface area (Å²) in [5, 5.41) is 2.38. The molecule has 0 radical (unpaired) electrons. The average molecular weight is 261 g/mol. The molecule has 1 aromatic carbocycles. The van der Waals surface area contributed by atoms with Crippen molar-refractivity contribution in [2.45, 2.75) is 13.8 Å². The number of benzene rings is 1. The third-order valence-electron chi connectivity index (χ3n) is 2.13. The van der Waals surface area contributed by atoms with Gasteiger partial charge in [-0.3, -0.25) is 9.59 Å². The molecule has 0 bridgehead atoms. The number of ether oxygens (including phenoxy) is 1. The van der Waals surface area contributed by atoms with Gasteiger partial charge in [0.05, 0.1) is 6.61 Å². The Morgan fingerprint density at radius 2 is 1.84 bits per heavy atom. The van der Waals surface area contributed by atoms with Crippen LogP contribution in [0, 0.1) is 0 Å². The average Bonchev–Trinajstić information content (AvgIpc) is 2.38. The number of carbonyl (C=O) groups excluding carboxylic acids is 3. The first-order valence-corrected chi connectivity index (χ1v) is 5.80. The lowest BCUT2D eigenvalue weighted by molar-refractivity contribution is -0.139. The fourth-order valence-electron chi connectivity index (χ4n) is 1.34. The van der Waals surface area contributed by atoms with E-state index in [4.69, 9.17) is 4.74 Å². The molecule has 1 N–H and O–H groups in total. The van der Waals surface area contributed by atoms with Gasteiger partial charge in [0.15, 0.2) is 5.78 Å². The summed E-state index contributed by atoms with van der Waals surface area (Å²) >= 11 is 0. The van der Waals surface area contributed by atoms with E-state index in [9.17, 15) is 14.4 Å². The number of nitrogens with one attached hydrogen (secondary N) is 1. The molecule has 0 fully saturated rings. The van der Waals surface area contributed by atoms with E-state index in [0.717, 1.165) is 6.08 Å². The lowest BCUT2D eigenvalue weighted by Gasteiger charge is -2.08. The van der Waals surface area contributed by atoms with Gasteiger partial charge in [-0.2, -0.15) is 0 Å². The van der Waals surface area contributed by atoms with Gasteiger partial charge in [0.2, 0.25) is 0 Å². The van der Waals surface area contributed by atoms with E-state index in [2.05, 4.69) is 5.32 Å². The summed E-state index contributed by atoms with van der Waals surface area (Å²) in [6.45, 7) is 3.09. The number of carbonyl (C=O) groups is 3. The van der Waals surface area contributed by atoms with Gasteiger partial charge < -0.3 is 10.1 Å². The van der Waals surface area contributed by atoms with Crippen molar-refractivity contribution >= 4 is 17.7 Å². The zero-order chi connectivity index (χ0) is 14.3. The van der Waals surface area contributed by atoms with Gasteiger partial charge in [-0.25, -0.2) is 4.79 Å². The lowest BCUT2D eigenvalue weighted by Crippen LogP contribution is -2.29. The van der Waals surface area contributed by atoms with Gasteiger partial charge in [0.1, 0.15) is 5.70 Å². The molecule has 5 nitrogen and oxygen atoms in total. The largest absolute Gasteiger partial charge is 0.461 e. The zero-order valence-corrected chi connectivity index (χ0v) is 10.8. The van der Waals surface area contributed by atoms with Crippen LogP contribution in [0.25, 0.3) is 0 Å². The predicted molar refractivity (Wildman–Crippen MR) is 69.3 cm³/mol. The van der Waals surface area contributed by atoms with E-state index in [1.807, 2.05) is 0 Å². The summed E-state index contributed by atoms with van der Waals surface area (Å²) in [5.41, 5.74) is 0.226. The first-order chi connectivity index (χ1) is 9.04. The second-order valence-electron chi connectivity index (χ2n) is 3.71. The molecular formula is C14H15NO4. The van der Waals surface area contributed by atoms with Crippen molar-refractivity contribution in [3.8, 4) is 0 Å². The molecule has 0 heterocycles. The van der Waals surface area contributed by atoms with Crippen molar-refractivity contribution in [1.82, 2.24) is 5.32 Å². The quantitative estimate of drug-likeness (QED) is 0.643. The zero-order valence-electron chi connectivity index (χ0n) is 10.8. The van der Waals surface area contributed by atoms with Crippen molar-refractivity contribution in [2.75, 3.05) is 6.61 Å². The van der Waals surface area contributed by atoms with Crippen molar-refractivity contribution in [2.24, 2.45) is 0 Å². The molecule has 100 valence electrons. The van der Waals surface area contributed by atoms with E-state index in [1.165, 1.54) is 6.92 Å². The van der Waals surface area contributed by atoms with Crippen LogP contribution in [0.3, 0.4) is 0 Å². The summed E-state index contributed by atoms with van der Waals surface area (Å²) in [7, 11) is 0. The van der Waals surface area contributed by atoms with Crippen molar-refractivity contribution in [3.05, 3.63) is 47.7 Å². The van der Waals surface area contributed by atoms with Crippen LogP contribution in [0.5, 0.6) is 0 Å². The van der Waals surface area contributed by atoms with E-state index < -0.39 is 11.9 Å². The Balaban J connectivity index is 2.87. The molecule has 0 saturated carbocycles. The fraction of sp³-hybridized carbons (Fsp3) is 0.214. The van der Waals surface area contributed by atoms with Crippen molar-refractivity contribution < 1.29 is 19.1 Å². The Hall–Kier alpha value is -2.43. The van der Waals surface area contributed by atoms with E-state index in [1.54, 1.807) is 37.3 Å². The standard InChI is InChI=1S/C14H15NO4/c1-3-19-14(18)12(9-10(2)16)15-13(17)11-7-5-4-6-8-11/h4-9H,3H2,1-2H3,(H,15,17)/b12-9-. The van der Waals surface area contributed by atoms with E-state index in [0.29, 0.717) is 5.56 Å². The summed E-state index contributed by atoms with van der Waals surface area (Å²) in [4.78, 5) is 34.5. The summed E-state index contributed by atoms with van der Waals surface area (Å²) in [6.07, 6.45) is 1.04. The molecule has 19 heavy (non-hydrogen) atoms. The van der Waals surface area contributed by atoms with Crippen LogP contribution < -0.4 is 5.32 Å². The highest BCUT2D eigenvalue weighted by Crippen LogP contribution is 2.02. The summed E-state index contributed by atoms with van der Waals surface area (Å²) in [5.74, 6) is -1.56. The van der Waals surface area contributed by atoms with Crippen molar-refractivity contribution in [1.29, 1.82) is 0 Å². The molecule has 0 unspecified atom stereocenters. The minimum atomic E-state index is -0.734. The van der Waals surface area contributed by atoms with Gasteiger partial charge in [-0.1, -0.05) is 18.2 Å². The van der Waals surface area contributed by atoms with Crippen LogP contribution in [0.2, 0.25) is 0 Å². The highest BCUT2D eigenvalue weighted by Gasteiger charge is 2.15. The third-order valence-corrected chi connectivity index (χ3v) is 2.13. The van der Waals surface area contributed by atoms with Crippen LogP contribution in [-0.4, -0.2) is 24.3 Å². The van der Waals surface area contributed by atoms with Gasteiger partial charge in [0, 0.05) is 11.6 Å². The number of esters is 1. The van der Waals surface area contributed by atoms with E-state index >= 15 is 0 Å². The topological polar surface area (TPSA) is 72.5 Å². The Morgan fingerprint density at radius 3 is 2.37 bits per heavy atom. The Labute approximate surface area is 111 Å². The minimum Gasteiger partial charge on any atom is -0.461 e. The SMILES string of the molecule is CCOC(=O)/C(=C/C(C)=O)NC(=O)c1ccccc1. The van der Waals surface area contributed by atoms with Crippen LogP contribution >= 0.6 is 0 Å². The van der Waals surface area contributed by atoms with Crippen LogP contribution in [-0.2, 0) is 14.3 Å². The maximum atomic E-state index is 11.9. The van der Waals surface area contributed by atoms with E-state index in [-0.39, 0.29) is 18.1 Å². The van der Waals surface area contributed by atoms with Gasteiger partial charge >= 0.3 is 5.97 Å². The smallest absolute Gasteiger partial charge is 0.354 e. The molecule has 0 aliphatic heterocycles. The van der Waals surface area contributed by atoms with Gasteiger partial charge in [0.25, 0.3) is 5.91 Å². The molecule has 0 aliphatic carbocycles. The fourth-order valence-corrected chi connectivity index (χ4v) is 1.34. The predicted octanol–water partition coefficient (Wildman–Crippen LogP) is 1.45. The number of ketones is 1. The molecule has 0 atom stereocenters. The number of allylic oxidation sites excluding steroid dienone is 1. The van der Waals surface area contributed by atoms with Gasteiger partial charge in [-0.15, -0.1) is 0 Å². The monoisotopic (exact) mass is 261 g/mol. The maximum Gasteiger partial charge on any atom is 0.354 e. The third kappa shape index (κ3) is 4.75. The number of amides is 1. The second kappa shape index (κ2) is 7.10. The molecule has 1 aromatic rings. The molecule has 0 aliphatic rings. The highest BCUT2D eigenvalue weighted by atomic mass is 16.5. The lowest BCUT2D eigenvalue weighted by atomic mass is 10.2. The highest BCUT2D eigenvalue weighted by molar-refractivity contribution is 6.04. The number of hydrogen-bond acceptors (Lipinski definition) is 4. The normalized spacial score (nSPS) is 10.7. The minimum absolute atomic E-state index is 0.162. The number of hydrogen-bond donors (Lipinski definition) is 1. The molecule has 1 amide bonds. The van der Waals surface area contributed by atoms with Crippen LogP contribution in [0.15, 0.2) is 42.1 Å². The first-order valence-electron chi connectivity index (χ1n) is 5.80. The van der Waals surface area contributed by atoms with Crippen molar-refractivity contribution in [3.63, 3.8) is 0 Å². The number of rotatable bonds is 5. The molecule has 0 aromatic heterocycles. The summed E-state index contributed by atoms with van der Waals surface area (Å²) in [6, 6.07) is 8.38. The molecular weight excluding hydrogens is 246 g/mol. The second-order valence-corrected chi connectivity index (χ2v) is 3.71. The van der Waals surface area contributed by atoms with Crippen LogP contribution in [0.1, 0.15) is 24.2 Å².